The fourth-order valence-electron chi connectivity index (χ4n) is 0.988. The van der Waals surface area contributed by atoms with Gasteiger partial charge in [0, 0.05) is 6.20 Å². The maximum absolute atomic E-state index is 13.0. The van der Waals surface area contributed by atoms with Crippen molar-refractivity contribution in [3.05, 3.63) is 23.2 Å². The maximum Gasteiger partial charge on any atom is 0.225 e. The minimum Gasteiger partial charge on any atom is -0.368 e. The molecule has 0 spiro atoms. The molecule has 15 heavy (non-hydrogen) atoms. The number of nitrogens with zero attached hydrogens (tertiary/aromatic N) is 3. The van der Waals surface area contributed by atoms with Crippen LogP contribution in [0.25, 0.3) is 5.52 Å². The summed E-state index contributed by atoms with van der Waals surface area (Å²) in [6.07, 6.45) is 2.70. The average molecular weight is 231 g/mol. The van der Waals surface area contributed by atoms with E-state index in [9.17, 15) is 4.39 Å². The summed E-state index contributed by atoms with van der Waals surface area (Å²) >= 11 is 5.59. The van der Waals surface area contributed by atoms with Crippen LogP contribution in [0.2, 0.25) is 5.15 Å². The fourth-order valence-corrected chi connectivity index (χ4v) is 1.21. The highest BCUT2D eigenvalue weighted by Crippen LogP contribution is 2.19. The number of anilines is 1. The summed E-state index contributed by atoms with van der Waals surface area (Å²) in [4.78, 5) is 0. The zero-order valence-electron chi connectivity index (χ0n) is 8.54. The number of rotatable bonds is 0. The van der Waals surface area contributed by atoms with Gasteiger partial charge in [0.05, 0.1) is 0 Å². The van der Waals surface area contributed by atoms with Crippen LogP contribution in [0, 0.1) is 5.82 Å². The summed E-state index contributed by atoms with van der Waals surface area (Å²) in [5.41, 5.74) is 5.56. The van der Waals surface area contributed by atoms with Crippen molar-refractivity contribution in [1.82, 2.24) is 14.6 Å². The van der Waals surface area contributed by atoms with Gasteiger partial charge in [-0.1, -0.05) is 31.9 Å². The summed E-state index contributed by atoms with van der Waals surface area (Å²) < 4.78 is 14.3. The van der Waals surface area contributed by atoms with Gasteiger partial charge in [-0.2, -0.15) is 0 Å². The molecule has 0 fully saturated rings. The molecule has 0 atom stereocenters. The van der Waals surface area contributed by atoms with Crippen molar-refractivity contribution >= 4 is 23.1 Å². The summed E-state index contributed by atoms with van der Waals surface area (Å²) in [6.45, 7) is 4.25. The number of fused-ring (bicyclic) bond motifs is 1. The topological polar surface area (TPSA) is 56.2 Å². The van der Waals surface area contributed by atoms with E-state index >= 15 is 0 Å². The average Bonchev–Trinajstić information content (AvgIpc) is 2.57. The molecule has 0 bridgehead atoms. The summed E-state index contributed by atoms with van der Waals surface area (Å²) in [7, 11) is 0. The van der Waals surface area contributed by atoms with Gasteiger partial charge >= 0.3 is 0 Å². The lowest BCUT2D eigenvalue weighted by atomic mass is 10.5. The Labute approximate surface area is 91.9 Å². The van der Waals surface area contributed by atoms with Crippen molar-refractivity contribution in [3.63, 3.8) is 0 Å². The summed E-state index contributed by atoms with van der Waals surface area (Å²) in [5, 5.41) is 6.99. The van der Waals surface area contributed by atoms with Crippen LogP contribution < -0.4 is 5.73 Å². The molecule has 0 aromatic carbocycles. The second-order valence-electron chi connectivity index (χ2n) is 2.94. The van der Waals surface area contributed by atoms with Gasteiger partial charge in [-0.3, -0.25) is 4.40 Å². The van der Waals surface area contributed by atoms with Gasteiger partial charge in [-0.05, 0) is 6.07 Å². The quantitative estimate of drug-likeness (QED) is 0.757. The lowest BCUT2D eigenvalue weighted by Gasteiger charge is -1.98. The van der Waals surface area contributed by atoms with Crippen molar-refractivity contribution in [2.24, 2.45) is 0 Å². The maximum atomic E-state index is 13.0. The molecule has 82 valence electrons. The van der Waals surface area contributed by atoms with Crippen LogP contribution in [0.3, 0.4) is 0 Å². The van der Waals surface area contributed by atoms with E-state index in [2.05, 4.69) is 24.0 Å². The molecule has 2 aromatic rings. The van der Waals surface area contributed by atoms with Crippen LogP contribution in [0.15, 0.2) is 12.3 Å². The van der Waals surface area contributed by atoms with Crippen molar-refractivity contribution in [2.75, 3.05) is 5.73 Å². The number of hydrogen-bond donors (Lipinski definition) is 1. The molecule has 0 unspecified atom stereocenters. The Morgan fingerprint density at radius 1 is 1.47 bits per heavy atom. The molecule has 0 aliphatic carbocycles. The Morgan fingerprint density at radius 3 is 2.60 bits per heavy atom. The van der Waals surface area contributed by atoms with E-state index in [0.29, 0.717) is 0 Å². The molecule has 0 saturated carbocycles. The SMILES string of the molecule is CCC.Nc1nnc(Cl)c2c(F)ccn12. The number of aromatic nitrogens is 3. The first-order valence-electron chi connectivity index (χ1n) is 4.56. The highest BCUT2D eigenvalue weighted by Gasteiger charge is 2.09. The van der Waals surface area contributed by atoms with Crippen molar-refractivity contribution < 1.29 is 4.39 Å². The van der Waals surface area contributed by atoms with Gasteiger partial charge in [0.2, 0.25) is 5.95 Å². The summed E-state index contributed by atoms with van der Waals surface area (Å²) in [6, 6.07) is 1.25. The number of hydrogen-bond acceptors (Lipinski definition) is 3. The highest BCUT2D eigenvalue weighted by atomic mass is 35.5. The van der Waals surface area contributed by atoms with Crippen LogP contribution in [0.1, 0.15) is 20.3 Å². The van der Waals surface area contributed by atoms with Crippen LogP contribution in [-0.2, 0) is 0 Å². The van der Waals surface area contributed by atoms with E-state index in [4.69, 9.17) is 17.3 Å². The molecule has 2 heterocycles. The van der Waals surface area contributed by atoms with Gasteiger partial charge in [0.1, 0.15) is 5.52 Å². The molecule has 0 aliphatic heterocycles. The number of halogens is 2. The van der Waals surface area contributed by atoms with Crippen LogP contribution in [0.5, 0.6) is 0 Å². The number of nitrogen functional groups attached to an aromatic ring is 1. The first-order valence-corrected chi connectivity index (χ1v) is 4.93. The van der Waals surface area contributed by atoms with E-state index in [1.807, 2.05) is 0 Å². The Bertz CT molecular complexity index is 455. The Hall–Kier alpha value is -1.36. The zero-order valence-corrected chi connectivity index (χ0v) is 9.29. The third-order valence-corrected chi connectivity index (χ3v) is 1.77. The molecule has 4 nitrogen and oxygen atoms in total. The standard InChI is InChI=1S/C6H4ClFN4.C3H8/c7-5-4-3(8)1-2-12(4)6(9)11-10-5;1-3-2/h1-2H,(H2,9,11);3H2,1-2H3. The largest absolute Gasteiger partial charge is 0.368 e. The minimum absolute atomic E-state index is 0.00620. The molecule has 6 heteroatoms. The first kappa shape index (κ1) is 11.7. The van der Waals surface area contributed by atoms with Gasteiger partial charge in [-0.15, -0.1) is 10.2 Å². The van der Waals surface area contributed by atoms with E-state index < -0.39 is 5.82 Å². The van der Waals surface area contributed by atoms with Crippen molar-refractivity contribution in [2.45, 2.75) is 20.3 Å². The smallest absolute Gasteiger partial charge is 0.225 e. The van der Waals surface area contributed by atoms with Gasteiger partial charge in [-0.25, -0.2) is 4.39 Å². The highest BCUT2D eigenvalue weighted by molar-refractivity contribution is 6.32. The molecular formula is C9H12ClFN4. The van der Waals surface area contributed by atoms with Gasteiger partial charge in [0.15, 0.2) is 11.0 Å². The third kappa shape index (κ3) is 2.36. The van der Waals surface area contributed by atoms with E-state index in [-0.39, 0.29) is 16.6 Å². The van der Waals surface area contributed by atoms with E-state index in [0.717, 1.165) is 0 Å². The van der Waals surface area contributed by atoms with E-state index in [1.165, 1.54) is 23.1 Å². The molecule has 2 N–H and O–H groups in total. The molecule has 2 aromatic heterocycles. The monoisotopic (exact) mass is 230 g/mol. The molecule has 0 aliphatic rings. The van der Waals surface area contributed by atoms with Crippen LogP contribution in [0.4, 0.5) is 10.3 Å². The molecule has 2 rings (SSSR count). The van der Waals surface area contributed by atoms with Crippen molar-refractivity contribution in [1.29, 1.82) is 0 Å². The predicted molar refractivity (Wildman–Crippen MR) is 58.3 cm³/mol. The first-order chi connectivity index (χ1) is 7.11. The van der Waals surface area contributed by atoms with Crippen molar-refractivity contribution in [3.8, 4) is 0 Å². The Balaban J connectivity index is 0.000000337. The molecule has 0 amide bonds. The second-order valence-corrected chi connectivity index (χ2v) is 3.30. The lowest BCUT2D eigenvalue weighted by Crippen LogP contribution is -2.01. The third-order valence-electron chi connectivity index (χ3n) is 1.52. The van der Waals surface area contributed by atoms with E-state index in [1.54, 1.807) is 0 Å². The van der Waals surface area contributed by atoms with Crippen LogP contribution in [-0.4, -0.2) is 14.6 Å². The molecular weight excluding hydrogens is 219 g/mol. The molecule has 0 radical (unpaired) electrons. The summed E-state index contributed by atoms with van der Waals surface area (Å²) in [5.74, 6) is -0.347. The zero-order chi connectivity index (χ0) is 11.4. The fraction of sp³-hybridized carbons (Fsp3) is 0.333. The molecule has 0 saturated heterocycles. The predicted octanol–water partition coefficient (Wildman–Crippen LogP) is 2.52. The minimum atomic E-state index is -0.457. The van der Waals surface area contributed by atoms with Gasteiger partial charge in [0.25, 0.3) is 0 Å². The van der Waals surface area contributed by atoms with Gasteiger partial charge < -0.3 is 5.73 Å². The second kappa shape index (κ2) is 4.93. The number of nitrogens with two attached hydrogens (primary N) is 1. The normalized spacial score (nSPS) is 9.87. The lowest BCUT2D eigenvalue weighted by molar-refractivity contribution is 0.639. The van der Waals surface area contributed by atoms with Crippen LogP contribution >= 0.6 is 11.6 Å². The Kier molecular flexibility index (Phi) is 3.85. The Morgan fingerprint density at radius 2 is 2.07 bits per heavy atom.